The van der Waals surface area contributed by atoms with Crippen LogP contribution in [-0.2, 0) is 5.41 Å². The van der Waals surface area contributed by atoms with Gasteiger partial charge in [-0.2, -0.15) is 20.3 Å². The van der Waals surface area contributed by atoms with Gasteiger partial charge in [-0.05, 0) is 45.7 Å². The van der Waals surface area contributed by atoms with Gasteiger partial charge in [-0.25, -0.2) is 15.0 Å². The molecule has 0 bridgehead atoms. The van der Waals surface area contributed by atoms with Gasteiger partial charge in [0.2, 0.25) is 0 Å². The van der Waals surface area contributed by atoms with E-state index in [1.807, 2.05) is 13.0 Å². The van der Waals surface area contributed by atoms with Crippen LogP contribution < -0.4 is 9.80 Å². The molecule has 5 heterocycles. The Hall–Kier alpha value is -3.62. The van der Waals surface area contributed by atoms with Crippen molar-refractivity contribution in [3.8, 4) is 6.07 Å². The van der Waals surface area contributed by atoms with Crippen molar-refractivity contribution in [2.45, 2.75) is 69.8 Å². The van der Waals surface area contributed by atoms with E-state index in [0.717, 1.165) is 43.4 Å². The van der Waals surface area contributed by atoms with Crippen LogP contribution in [0.3, 0.4) is 0 Å². The average Bonchev–Trinajstić information content (AvgIpc) is 3.56. The van der Waals surface area contributed by atoms with Gasteiger partial charge in [-0.15, -0.1) is 0 Å². The number of nitrogens with zero attached hydrogens (tertiary/aromatic N) is 10. The highest BCUT2D eigenvalue weighted by atomic mass is 16.3. The molecule has 2 unspecified atom stereocenters. The molecule has 1 saturated heterocycles. The average molecular weight is 501 g/mol. The first-order valence-electron chi connectivity index (χ1n) is 13.0. The van der Waals surface area contributed by atoms with Crippen molar-refractivity contribution in [3.63, 3.8) is 0 Å². The van der Waals surface area contributed by atoms with Crippen molar-refractivity contribution >= 4 is 17.5 Å². The van der Waals surface area contributed by atoms with Gasteiger partial charge in [0.1, 0.15) is 36.1 Å². The molecule has 0 amide bonds. The summed E-state index contributed by atoms with van der Waals surface area (Å²) in [7, 11) is 0. The van der Waals surface area contributed by atoms with Crippen LogP contribution in [-0.4, -0.2) is 77.9 Å². The number of pyridine rings is 1. The van der Waals surface area contributed by atoms with Gasteiger partial charge in [0.25, 0.3) is 0 Å². The summed E-state index contributed by atoms with van der Waals surface area (Å²) in [5.74, 6) is 2.64. The Bertz CT molecular complexity index is 1320. The van der Waals surface area contributed by atoms with Gasteiger partial charge >= 0.3 is 0 Å². The first-order chi connectivity index (χ1) is 17.9. The molecule has 0 aromatic carbocycles. The number of rotatable bonds is 5. The number of aliphatic hydroxyl groups excluding tert-OH is 1. The van der Waals surface area contributed by atoms with E-state index >= 15 is 0 Å². The molecule has 0 radical (unpaired) electrons. The Kier molecular flexibility index (Phi) is 5.81. The van der Waals surface area contributed by atoms with E-state index in [-0.39, 0.29) is 23.5 Å². The number of hydrogen-bond donors (Lipinski definition) is 1. The maximum absolute atomic E-state index is 11.2. The highest BCUT2D eigenvalue weighted by Gasteiger charge is 2.52. The lowest BCUT2D eigenvalue weighted by molar-refractivity contribution is -0.0663. The van der Waals surface area contributed by atoms with Crippen LogP contribution in [0.2, 0.25) is 0 Å². The highest BCUT2D eigenvalue weighted by Crippen LogP contribution is 2.56. The number of piperazine rings is 1. The Morgan fingerprint density at radius 1 is 1.05 bits per heavy atom. The van der Waals surface area contributed by atoms with Gasteiger partial charge in [0.05, 0.1) is 24.0 Å². The third-order valence-corrected chi connectivity index (χ3v) is 8.39. The molecule has 2 aliphatic heterocycles. The fourth-order valence-corrected chi connectivity index (χ4v) is 6.21. The predicted molar refractivity (Wildman–Crippen MR) is 137 cm³/mol. The van der Waals surface area contributed by atoms with Crippen molar-refractivity contribution in [3.05, 3.63) is 48.2 Å². The van der Waals surface area contributed by atoms with Crippen molar-refractivity contribution < 1.29 is 5.11 Å². The highest BCUT2D eigenvalue weighted by molar-refractivity contribution is 5.75. The lowest BCUT2D eigenvalue weighted by Gasteiger charge is -2.48. The molecule has 37 heavy (non-hydrogen) atoms. The molecular weight excluding hydrogens is 468 g/mol. The largest absolute Gasteiger partial charge is 0.376 e. The second-order valence-corrected chi connectivity index (χ2v) is 10.7. The third-order valence-electron chi connectivity index (χ3n) is 8.39. The maximum Gasteiger partial charge on any atom is 0.143 e. The van der Waals surface area contributed by atoms with E-state index in [9.17, 15) is 10.4 Å². The van der Waals surface area contributed by atoms with Gasteiger partial charge < -0.3 is 14.9 Å². The Labute approximate surface area is 216 Å². The first kappa shape index (κ1) is 23.8. The fraction of sp³-hybridized carbons (Fsp3) is 0.538. The zero-order valence-corrected chi connectivity index (χ0v) is 21.4. The van der Waals surface area contributed by atoms with Crippen molar-refractivity contribution in [2.75, 3.05) is 29.4 Å². The van der Waals surface area contributed by atoms with Crippen LogP contribution in [0.1, 0.15) is 57.2 Å². The minimum Gasteiger partial charge on any atom is -0.376 e. The fourth-order valence-electron chi connectivity index (χ4n) is 6.21. The SMILES string of the molecule is CC(C(O)N1C[C@H](C)N(c2ncnc3c2C2(CCC2)CN3c2cc(C#N)ccn2)C[C@H]1C)n1nccn1. The molecule has 1 spiro atoms. The van der Waals surface area contributed by atoms with E-state index < -0.39 is 6.23 Å². The quantitative estimate of drug-likeness (QED) is 0.558. The molecule has 11 heteroatoms. The molecular formula is C26H32N10O. The summed E-state index contributed by atoms with van der Waals surface area (Å²) in [5.41, 5.74) is 1.79. The zero-order chi connectivity index (χ0) is 25.7. The lowest BCUT2D eigenvalue weighted by Crippen LogP contribution is -2.61. The third kappa shape index (κ3) is 3.83. The summed E-state index contributed by atoms with van der Waals surface area (Å²) >= 11 is 0. The predicted octanol–water partition coefficient (Wildman–Crippen LogP) is 2.39. The zero-order valence-electron chi connectivity index (χ0n) is 21.4. The second-order valence-electron chi connectivity index (χ2n) is 10.7. The molecule has 4 atom stereocenters. The molecule has 1 N–H and O–H groups in total. The van der Waals surface area contributed by atoms with E-state index in [4.69, 9.17) is 9.97 Å². The number of aliphatic hydroxyl groups is 1. The molecule has 2 fully saturated rings. The second kappa shape index (κ2) is 9.04. The van der Waals surface area contributed by atoms with Crippen LogP contribution in [0, 0.1) is 11.3 Å². The standard InChI is InChI=1S/C26H32N10O/c1-17-14-34(25(37)19(3)36-31-9-10-32-36)18(2)13-33(17)23-22-24(30-16-29-23)35(15-26(22)6-4-7-26)21-11-20(12-27)5-8-28-21/h5,8-11,16-19,25,37H,4,6-7,13-15H2,1-3H3/t17-,18+,19?,25?/m0/s1. The van der Waals surface area contributed by atoms with Crippen LogP contribution in [0.5, 0.6) is 0 Å². The van der Waals surface area contributed by atoms with Crippen LogP contribution in [0.15, 0.2) is 37.1 Å². The van der Waals surface area contributed by atoms with Crippen molar-refractivity contribution in [1.82, 2.24) is 34.8 Å². The summed E-state index contributed by atoms with van der Waals surface area (Å²) in [4.78, 5) is 22.4. The summed E-state index contributed by atoms with van der Waals surface area (Å²) in [6, 6.07) is 5.76. The maximum atomic E-state index is 11.2. The number of aromatic nitrogens is 6. The van der Waals surface area contributed by atoms with Crippen LogP contribution >= 0.6 is 0 Å². The van der Waals surface area contributed by atoms with Crippen molar-refractivity contribution in [2.24, 2.45) is 0 Å². The summed E-state index contributed by atoms with van der Waals surface area (Å²) in [6.45, 7) is 8.50. The van der Waals surface area contributed by atoms with Gasteiger partial charge in [0.15, 0.2) is 0 Å². The first-order valence-corrected chi connectivity index (χ1v) is 13.0. The number of hydrogen-bond acceptors (Lipinski definition) is 10. The molecule has 1 saturated carbocycles. The minimum absolute atomic E-state index is 0.00383. The monoisotopic (exact) mass is 500 g/mol. The number of nitriles is 1. The van der Waals surface area contributed by atoms with E-state index in [1.165, 1.54) is 12.0 Å². The molecule has 192 valence electrons. The normalized spacial score (nSPS) is 24.4. The van der Waals surface area contributed by atoms with Gasteiger partial charge in [0, 0.05) is 48.9 Å². The Balaban J connectivity index is 1.32. The molecule has 3 aromatic heterocycles. The molecule has 1 aliphatic carbocycles. The van der Waals surface area contributed by atoms with E-state index in [0.29, 0.717) is 12.1 Å². The van der Waals surface area contributed by atoms with Gasteiger partial charge in [-0.1, -0.05) is 6.42 Å². The molecule has 3 aromatic rings. The molecule has 11 nitrogen and oxygen atoms in total. The summed E-state index contributed by atoms with van der Waals surface area (Å²) in [6.07, 6.45) is 9.27. The minimum atomic E-state index is -0.699. The molecule has 6 rings (SSSR count). The van der Waals surface area contributed by atoms with Crippen LogP contribution in [0.4, 0.5) is 17.5 Å². The lowest BCUT2D eigenvalue weighted by atomic mass is 9.66. The Morgan fingerprint density at radius 2 is 1.81 bits per heavy atom. The Morgan fingerprint density at radius 3 is 2.51 bits per heavy atom. The number of anilines is 3. The number of fused-ring (bicyclic) bond motifs is 2. The smallest absolute Gasteiger partial charge is 0.143 e. The summed E-state index contributed by atoms with van der Waals surface area (Å²) in [5, 5.41) is 29.0. The summed E-state index contributed by atoms with van der Waals surface area (Å²) < 4.78 is 0. The molecule has 3 aliphatic rings. The topological polar surface area (TPSA) is 123 Å². The van der Waals surface area contributed by atoms with Crippen LogP contribution in [0.25, 0.3) is 0 Å². The van der Waals surface area contributed by atoms with E-state index in [2.05, 4.69) is 49.8 Å². The van der Waals surface area contributed by atoms with Crippen molar-refractivity contribution in [1.29, 1.82) is 5.26 Å². The van der Waals surface area contributed by atoms with Gasteiger partial charge in [-0.3, -0.25) is 4.90 Å². The van der Waals surface area contributed by atoms with E-state index in [1.54, 1.807) is 35.8 Å².